The van der Waals surface area contributed by atoms with Crippen molar-refractivity contribution in [2.45, 2.75) is 12.5 Å². The molecule has 0 bridgehead atoms. The first-order valence-electron chi connectivity index (χ1n) is 4.67. The third-order valence-corrected chi connectivity index (χ3v) is 3.62. The standard InChI is InChI=1S/C10H7BrF2N2OS/c11-6-1-2-7(12)5(10(6)13)3-8(16)9-4-14-15-17-9/h1-2,4,8,16H,3H2. The summed E-state index contributed by atoms with van der Waals surface area (Å²) in [7, 11) is 0. The number of hydrogen-bond acceptors (Lipinski definition) is 4. The molecule has 2 rings (SSSR count). The third kappa shape index (κ3) is 2.67. The predicted octanol–water partition coefficient (Wildman–Crippen LogP) is 2.85. The molecule has 0 radical (unpaired) electrons. The summed E-state index contributed by atoms with van der Waals surface area (Å²) in [5, 5.41) is 13.3. The summed E-state index contributed by atoms with van der Waals surface area (Å²) in [5.74, 6) is -1.37. The van der Waals surface area contributed by atoms with Gasteiger partial charge in [0.25, 0.3) is 0 Å². The molecule has 1 aromatic carbocycles. The second-order valence-corrected chi connectivity index (χ2v) is 5.03. The molecule has 0 fully saturated rings. The minimum Gasteiger partial charge on any atom is -0.387 e. The fourth-order valence-corrected chi connectivity index (χ4v) is 2.23. The van der Waals surface area contributed by atoms with E-state index < -0.39 is 17.7 Å². The number of aliphatic hydroxyl groups is 1. The maximum atomic E-state index is 13.6. The molecule has 3 nitrogen and oxygen atoms in total. The minimum atomic E-state index is -1.01. The van der Waals surface area contributed by atoms with E-state index in [0.29, 0.717) is 4.88 Å². The van der Waals surface area contributed by atoms with Crippen molar-refractivity contribution >= 4 is 27.5 Å². The lowest BCUT2D eigenvalue weighted by Crippen LogP contribution is -2.05. The average molecular weight is 321 g/mol. The quantitative estimate of drug-likeness (QED) is 0.884. The Morgan fingerprint density at radius 1 is 1.41 bits per heavy atom. The van der Waals surface area contributed by atoms with Crippen molar-refractivity contribution in [3.8, 4) is 0 Å². The third-order valence-electron chi connectivity index (χ3n) is 2.24. The minimum absolute atomic E-state index is 0.152. The molecule has 0 saturated carbocycles. The zero-order chi connectivity index (χ0) is 12.4. The first-order valence-corrected chi connectivity index (χ1v) is 6.24. The maximum absolute atomic E-state index is 13.6. The summed E-state index contributed by atoms with van der Waals surface area (Å²) in [6.45, 7) is 0. The monoisotopic (exact) mass is 320 g/mol. The molecule has 0 spiro atoms. The Morgan fingerprint density at radius 3 is 2.82 bits per heavy atom. The van der Waals surface area contributed by atoms with E-state index in [4.69, 9.17) is 0 Å². The molecule has 1 aromatic heterocycles. The van der Waals surface area contributed by atoms with Crippen LogP contribution in [-0.2, 0) is 6.42 Å². The van der Waals surface area contributed by atoms with Crippen LogP contribution in [0.1, 0.15) is 16.5 Å². The van der Waals surface area contributed by atoms with Crippen LogP contribution in [0.2, 0.25) is 0 Å². The Balaban J connectivity index is 2.27. The first kappa shape index (κ1) is 12.5. The van der Waals surface area contributed by atoms with E-state index in [1.165, 1.54) is 12.3 Å². The van der Waals surface area contributed by atoms with Crippen LogP contribution >= 0.6 is 27.5 Å². The zero-order valence-corrected chi connectivity index (χ0v) is 10.8. The Kier molecular flexibility index (Phi) is 3.80. The van der Waals surface area contributed by atoms with E-state index in [1.807, 2.05) is 0 Å². The molecule has 0 amide bonds. The number of hydrogen-bond donors (Lipinski definition) is 1. The summed E-state index contributed by atoms with van der Waals surface area (Å²) in [4.78, 5) is 0.476. The maximum Gasteiger partial charge on any atom is 0.143 e. The van der Waals surface area contributed by atoms with Crippen molar-refractivity contribution in [3.63, 3.8) is 0 Å². The highest BCUT2D eigenvalue weighted by atomic mass is 79.9. The lowest BCUT2D eigenvalue weighted by molar-refractivity contribution is 0.179. The van der Waals surface area contributed by atoms with Crippen LogP contribution < -0.4 is 0 Å². The molecule has 0 saturated heterocycles. The van der Waals surface area contributed by atoms with Crippen molar-refractivity contribution in [2.75, 3.05) is 0 Å². The highest BCUT2D eigenvalue weighted by Gasteiger charge is 2.18. The number of aromatic nitrogens is 2. The van der Waals surface area contributed by atoms with Gasteiger partial charge in [0.2, 0.25) is 0 Å². The van der Waals surface area contributed by atoms with Crippen LogP contribution in [0.5, 0.6) is 0 Å². The van der Waals surface area contributed by atoms with Crippen LogP contribution in [0.15, 0.2) is 22.8 Å². The number of rotatable bonds is 3. The van der Waals surface area contributed by atoms with Gasteiger partial charge in [0.1, 0.15) is 11.6 Å². The Hall–Kier alpha value is -0.920. The fourth-order valence-electron chi connectivity index (χ4n) is 1.37. The van der Waals surface area contributed by atoms with Crippen LogP contribution in [0.4, 0.5) is 8.78 Å². The van der Waals surface area contributed by atoms with E-state index in [1.54, 1.807) is 0 Å². The molecule has 17 heavy (non-hydrogen) atoms. The lowest BCUT2D eigenvalue weighted by Gasteiger charge is -2.10. The van der Waals surface area contributed by atoms with E-state index >= 15 is 0 Å². The predicted molar refractivity (Wildman–Crippen MR) is 62.6 cm³/mol. The number of halogens is 3. The Labute approximate surface area is 108 Å². The van der Waals surface area contributed by atoms with Gasteiger partial charge in [-0.15, -0.1) is 5.10 Å². The second kappa shape index (κ2) is 5.16. The van der Waals surface area contributed by atoms with Crippen molar-refractivity contribution in [1.82, 2.24) is 9.59 Å². The number of aliphatic hydroxyl groups excluding tert-OH is 1. The largest absolute Gasteiger partial charge is 0.387 e. The van der Waals surface area contributed by atoms with Gasteiger partial charge >= 0.3 is 0 Å². The smallest absolute Gasteiger partial charge is 0.143 e. The number of benzene rings is 1. The van der Waals surface area contributed by atoms with E-state index in [2.05, 4.69) is 25.5 Å². The molecule has 1 heterocycles. The molecule has 0 aliphatic heterocycles. The van der Waals surface area contributed by atoms with E-state index in [-0.39, 0.29) is 16.5 Å². The zero-order valence-electron chi connectivity index (χ0n) is 8.40. The van der Waals surface area contributed by atoms with Gasteiger partial charge in [0, 0.05) is 12.0 Å². The van der Waals surface area contributed by atoms with Gasteiger partial charge in [-0.1, -0.05) is 4.49 Å². The van der Waals surface area contributed by atoms with Gasteiger partial charge < -0.3 is 5.11 Å². The summed E-state index contributed by atoms with van der Waals surface area (Å²) in [6, 6.07) is 2.44. The SMILES string of the molecule is OC(Cc1c(F)ccc(Br)c1F)c1cnns1. The van der Waals surface area contributed by atoms with Crippen LogP contribution in [0.3, 0.4) is 0 Å². The van der Waals surface area contributed by atoms with Gasteiger partial charge in [0.15, 0.2) is 0 Å². The average Bonchev–Trinajstić information content (AvgIpc) is 2.83. The van der Waals surface area contributed by atoms with Gasteiger partial charge in [-0.05, 0) is 39.6 Å². The van der Waals surface area contributed by atoms with Gasteiger partial charge in [-0.25, -0.2) is 8.78 Å². The molecular weight excluding hydrogens is 314 g/mol. The Bertz CT molecular complexity index is 521. The lowest BCUT2D eigenvalue weighted by atomic mass is 10.1. The summed E-state index contributed by atoms with van der Waals surface area (Å²) >= 11 is 3.97. The van der Waals surface area contributed by atoms with Crippen LogP contribution in [0.25, 0.3) is 0 Å². The van der Waals surface area contributed by atoms with Crippen LogP contribution in [0, 0.1) is 11.6 Å². The summed E-state index contributed by atoms with van der Waals surface area (Å²) < 4.78 is 30.8. The normalized spacial score (nSPS) is 12.7. The number of nitrogens with zero attached hydrogens (tertiary/aromatic N) is 2. The Morgan fingerprint density at radius 2 is 2.18 bits per heavy atom. The highest BCUT2D eigenvalue weighted by Crippen LogP contribution is 2.27. The molecule has 7 heteroatoms. The van der Waals surface area contributed by atoms with Crippen LogP contribution in [-0.4, -0.2) is 14.7 Å². The molecular formula is C10H7BrF2N2OS. The van der Waals surface area contributed by atoms with Gasteiger partial charge in [-0.2, -0.15) is 0 Å². The van der Waals surface area contributed by atoms with E-state index in [0.717, 1.165) is 17.6 Å². The first-order chi connectivity index (χ1) is 8.09. The highest BCUT2D eigenvalue weighted by molar-refractivity contribution is 9.10. The summed E-state index contributed by atoms with van der Waals surface area (Å²) in [5.41, 5.74) is -0.153. The molecule has 2 aromatic rings. The molecule has 90 valence electrons. The van der Waals surface area contributed by atoms with Crippen molar-refractivity contribution in [1.29, 1.82) is 0 Å². The topological polar surface area (TPSA) is 46.0 Å². The molecule has 0 aliphatic carbocycles. The summed E-state index contributed by atoms with van der Waals surface area (Å²) in [6.07, 6.45) is 0.220. The van der Waals surface area contributed by atoms with Gasteiger partial charge in [0.05, 0.1) is 21.7 Å². The second-order valence-electron chi connectivity index (χ2n) is 3.36. The molecule has 1 N–H and O–H groups in total. The fraction of sp³-hybridized carbons (Fsp3) is 0.200. The van der Waals surface area contributed by atoms with E-state index in [9.17, 15) is 13.9 Å². The van der Waals surface area contributed by atoms with Gasteiger partial charge in [-0.3, -0.25) is 0 Å². The molecule has 1 atom stereocenters. The van der Waals surface area contributed by atoms with Crippen molar-refractivity contribution < 1.29 is 13.9 Å². The molecule has 0 aliphatic rings. The molecule has 1 unspecified atom stereocenters. The van der Waals surface area contributed by atoms with Crippen molar-refractivity contribution in [3.05, 3.63) is 44.9 Å². The van der Waals surface area contributed by atoms with Crippen molar-refractivity contribution in [2.24, 2.45) is 0 Å².